The molecule has 110 valence electrons. The lowest BCUT2D eigenvalue weighted by atomic mass is 10.1. The number of pyridine rings is 1. The van der Waals surface area contributed by atoms with Gasteiger partial charge < -0.3 is 4.74 Å². The molecule has 21 heavy (non-hydrogen) atoms. The van der Waals surface area contributed by atoms with Gasteiger partial charge in [-0.15, -0.1) is 0 Å². The summed E-state index contributed by atoms with van der Waals surface area (Å²) < 4.78 is 5.99. The van der Waals surface area contributed by atoms with Crippen LogP contribution in [-0.4, -0.2) is 29.6 Å². The molecule has 1 aromatic heterocycles. The highest BCUT2D eigenvalue weighted by molar-refractivity contribution is 5.37. The monoisotopic (exact) mass is 282 g/mol. The van der Waals surface area contributed by atoms with Crippen molar-refractivity contribution < 1.29 is 4.74 Å². The Hall–Kier alpha value is -1.87. The molecule has 0 aliphatic carbocycles. The van der Waals surface area contributed by atoms with Crippen LogP contribution in [0.5, 0.6) is 5.75 Å². The SMILES string of the molecule is CCc1ccc(CN(C)C[C@H]2Cc3ccccc3O2)nc1. The van der Waals surface area contributed by atoms with Crippen molar-refractivity contribution in [3.63, 3.8) is 0 Å². The van der Waals surface area contributed by atoms with Gasteiger partial charge in [0.2, 0.25) is 0 Å². The van der Waals surface area contributed by atoms with E-state index in [0.717, 1.165) is 37.4 Å². The summed E-state index contributed by atoms with van der Waals surface area (Å²) in [5.74, 6) is 1.04. The summed E-state index contributed by atoms with van der Waals surface area (Å²) in [6, 6.07) is 12.6. The van der Waals surface area contributed by atoms with Crippen LogP contribution in [0.1, 0.15) is 23.7 Å². The first-order valence-electron chi connectivity index (χ1n) is 7.61. The Balaban J connectivity index is 1.54. The number of aromatic nitrogens is 1. The zero-order valence-electron chi connectivity index (χ0n) is 12.7. The summed E-state index contributed by atoms with van der Waals surface area (Å²) in [4.78, 5) is 6.80. The summed E-state index contributed by atoms with van der Waals surface area (Å²) in [6.45, 7) is 3.93. The standard InChI is InChI=1S/C18H22N2O/c1-3-14-8-9-16(19-11-14)12-20(2)13-17-10-15-6-4-5-7-18(15)21-17/h4-9,11,17H,3,10,12-13H2,1-2H3/t17-/m1/s1. The first-order valence-corrected chi connectivity index (χ1v) is 7.61. The predicted octanol–water partition coefficient (Wildman–Crippen LogP) is 3.08. The Morgan fingerprint density at radius 1 is 1.24 bits per heavy atom. The molecule has 2 heterocycles. The molecule has 3 nitrogen and oxygen atoms in total. The van der Waals surface area contributed by atoms with Gasteiger partial charge in [-0.25, -0.2) is 0 Å². The molecule has 0 spiro atoms. The van der Waals surface area contributed by atoms with Crippen LogP contribution in [0.3, 0.4) is 0 Å². The van der Waals surface area contributed by atoms with Gasteiger partial charge >= 0.3 is 0 Å². The normalized spacial score (nSPS) is 16.8. The molecule has 0 saturated heterocycles. The highest BCUT2D eigenvalue weighted by atomic mass is 16.5. The summed E-state index contributed by atoms with van der Waals surface area (Å²) in [5, 5.41) is 0. The van der Waals surface area contributed by atoms with Crippen molar-refractivity contribution in [3.8, 4) is 5.75 Å². The van der Waals surface area contributed by atoms with Gasteiger partial charge in [0.25, 0.3) is 0 Å². The number of para-hydroxylation sites is 1. The largest absolute Gasteiger partial charge is 0.488 e. The highest BCUT2D eigenvalue weighted by Crippen LogP contribution is 2.28. The van der Waals surface area contributed by atoms with Crippen LogP contribution in [0.25, 0.3) is 0 Å². The van der Waals surface area contributed by atoms with Crippen molar-refractivity contribution in [2.24, 2.45) is 0 Å². The maximum absolute atomic E-state index is 5.99. The first-order chi connectivity index (χ1) is 10.2. The van der Waals surface area contributed by atoms with Gasteiger partial charge in [-0.1, -0.05) is 31.2 Å². The zero-order chi connectivity index (χ0) is 14.7. The van der Waals surface area contributed by atoms with Crippen molar-refractivity contribution in [2.45, 2.75) is 32.4 Å². The summed E-state index contributed by atoms with van der Waals surface area (Å²) in [5.41, 5.74) is 3.72. The Morgan fingerprint density at radius 3 is 2.81 bits per heavy atom. The highest BCUT2D eigenvalue weighted by Gasteiger charge is 2.23. The molecule has 0 unspecified atom stereocenters. The van der Waals surface area contributed by atoms with Gasteiger partial charge in [-0.05, 0) is 36.7 Å². The van der Waals surface area contributed by atoms with Gasteiger partial charge in [0, 0.05) is 25.7 Å². The van der Waals surface area contributed by atoms with Gasteiger partial charge in [0.1, 0.15) is 11.9 Å². The first kappa shape index (κ1) is 14.1. The second-order valence-corrected chi connectivity index (χ2v) is 5.76. The maximum atomic E-state index is 5.99. The molecule has 0 N–H and O–H groups in total. The number of hydrogen-bond acceptors (Lipinski definition) is 3. The molecule has 1 aliphatic heterocycles. The average molecular weight is 282 g/mol. The third-order valence-electron chi connectivity index (χ3n) is 3.96. The van der Waals surface area contributed by atoms with Crippen molar-refractivity contribution in [3.05, 3.63) is 59.4 Å². The molecule has 1 aromatic carbocycles. The average Bonchev–Trinajstić information content (AvgIpc) is 2.90. The van der Waals surface area contributed by atoms with E-state index >= 15 is 0 Å². The smallest absolute Gasteiger partial charge is 0.123 e. The lowest BCUT2D eigenvalue weighted by Crippen LogP contribution is -2.31. The van der Waals surface area contributed by atoms with E-state index in [-0.39, 0.29) is 6.10 Å². The van der Waals surface area contributed by atoms with Crippen molar-refractivity contribution >= 4 is 0 Å². The summed E-state index contributed by atoms with van der Waals surface area (Å²) >= 11 is 0. The molecular formula is C18H22N2O. The number of ether oxygens (including phenoxy) is 1. The maximum Gasteiger partial charge on any atom is 0.123 e. The van der Waals surface area contributed by atoms with Gasteiger partial charge in [0.05, 0.1) is 5.69 Å². The van der Waals surface area contributed by atoms with E-state index in [2.05, 4.69) is 54.2 Å². The lowest BCUT2D eigenvalue weighted by molar-refractivity contribution is 0.164. The summed E-state index contributed by atoms with van der Waals surface area (Å²) in [6.07, 6.45) is 4.27. The lowest BCUT2D eigenvalue weighted by Gasteiger charge is -2.20. The molecular weight excluding hydrogens is 260 g/mol. The molecule has 0 fully saturated rings. The Bertz CT molecular complexity index is 569. The second kappa shape index (κ2) is 6.27. The molecule has 0 amide bonds. The molecule has 3 heteroatoms. The van der Waals surface area contributed by atoms with E-state index in [1.807, 2.05) is 12.3 Å². The fraction of sp³-hybridized carbons (Fsp3) is 0.389. The molecule has 1 atom stereocenters. The van der Waals surface area contributed by atoms with Crippen LogP contribution in [0.15, 0.2) is 42.6 Å². The van der Waals surface area contributed by atoms with E-state index in [1.54, 1.807) is 0 Å². The van der Waals surface area contributed by atoms with E-state index in [0.29, 0.717) is 0 Å². The van der Waals surface area contributed by atoms with Gasteiger partial charge in [-0.3, -0.25) is 9.88 Å². The number of rotatable bonds is 5. The summed E-state index contributed by atoms with van der Waals surface area (Å²) in [7, 11) is 2.13. The Kier molecular flexibility index (Phi) is 4.20. The van der Waals surface area contributed by atoms with E-state index in [9.17, 15) is 0 Å². The number of aryl methyl sites for hydroxylation is 1. The van der Waals surface area contributed by atoms with Gasteiger partial charge in [0.15, 0.2) is 0 Å². The van der Waals surface area contributed by atoms with Crippen LogP contribution < -0.4 is 4.74 Å². The van der Waals surface area contributed by atoms with Crippen molar-refractivity contribution in [2.75, 3.05) is 13.6 Å². The molecule has 0 saturated carbocycles. The minimum absolute atomic E-state index is 0.252. The van der Waals surface area contributed by atoms with Crippen LogP contribution in [0, 0.1) is 0 Å². The fourth-order valence-electron chi connectivity index (χ4n) is 2.80. The second-order valence-electron chi connectivity index (χ2n) is 5.76. The Labute approximate surface area is 126 Å². The van der Waals surface area contributed by atoms with Crippen LogP contribution in [-0.2, 0) is 19.4 Å². The number of hydrogen-bond donors (Lipinski definition) is 0. The number of nitrogens with zero attached hydrogens (tertiary/aromatic N) is 2. The van der Waals surface area contributed by atoms with Crippen LogP contribution >= 0.6 is 0 Å². The minimum Gasteiger partial charge on any atom is -0.488 e. The zero-order valence-corrected chi connectivity index (χ0v) is 12.7. The number of fused-ring (bicyclic) bond motifs is 1. The molecule has 0 bridgehead atoms. The van der Waals surface area contributed by atoms with Crippen molar-refractivity contribution in [1.29, 1.82) is 0 Å². The topological polar surface area (TPSA) is 25.4 Å². The molecule has 0 radical (unpaired) electrons. The third kappa shape index (κ3) is 3.42. The van der Waals surface area contributed by atoms with Crippen LogP contribution in [0.4, 0.5) is 0 Å². The van der Waals surface area contributed by atoms with Crippen molar-refractivity contribution in [1.82, 2.24) is 9.88 Å². The van der Waals surface area contributed by atoms with E-state index in [4.69, 9.17) is 4.74 Å². The molecule has 1 aliphatic rings. The molecule has 2 aromatic rings. The minimum atomic E-state index is 0.252. The third-order valence-corrected chi connectivity index (χ3v) is 3.96. The predicted molar refractivity (Wildman–Crippen MR) is 84.5 cm³/mol. The Morgan fingerprint density at radius 2 is 2.10 bits per heavy atom. The van der Waals surface area contributed by atoms with E-state index < -0.39 is 0 Å². The fourth-order valence-corrected chi connectivity index (χ4v) is 2.80. The quantitative estimate of drug-likeness (QED) is 0.842. The van der Waals surface area contributed by atoms with Gasteiger partial charge in [-0.2, -0.15) is 0 Å². The number of likely N-dealkylation sites (N-methyl/N-ethyl adjacent to an activating group) is 1. The number of benzene rings is 1. The van der Waals surface area contributed by atoms with Crippen LogP contribution in [0.2, 0.25) is 0 Å². The van der Waals surface area contributed by atoms with E-state index in [1.165, 1.54) is 11.1 Å². The molecule has 3 rings (SSSR count).